The van der Waals surface area contributed by atoms with E-state index in [1.54, 1.807) is 7.11 Å². The van der Waals surface area contributed by atoms with Gasteiger partial charge in [-0.15, -0.1) is 0 Å². The van der Waals surface area contributed by atoms with Gasteiger partial charge in [-0.2, -0.15) is 0 Å². The molecule has 0 spiro atoms. The number of hydrogen-bond donors (Lipinski definition) is 0. The van der Waals surface area contributed by atoms with Crippen molar-refractivity contribution < 1.29 is 14.2 Å². The number of likely N-dealkylation sites (tertiary alicyclic amines) is 1. The molecule has 0 aromatic rings. The van der Waals surface area contributed by atoms with Crippen LogP contribution < -0.4 is 0 Å². The highest BCUT2D eigenvalue weighted by Crippen LogP contribution is 2.17. The molecule has 4 nitrogen and oxygen atoms in total. The largest absolute Gasteiger partial charge is 0.382 e. The van der Waals surface area contributed by atoms with Crippen molar-refractivity contribution in [2.45, 2.75) is 25.3 Å². The molecule has 1 aliphatic heterocycles. The summed E-state index contributed by atoms with van der Waals surface area (Å²) in [7, 11) is 1.68. The second kappa shape index (κ2) is 11.2. The van der Waals surface area contributed by atoms with Gasteiger partial charge in [0.15, 0.2) is 0 Å². The third-order valence-electron chi connectivity index (χ3n) is 3.25. The standard InChI is InChI=1S/C13H26BrNO3/c1-16-8-9-18-11-10-17-7-6-15-5-3-2-4-13(15)12-14/h13H,2-12H2,1H3. The number of ether oxygens (including phenoxy) is 3. The van der Waals surface area contributed by atoms with Crippen molar-refractivity contribution in [2.24, 2.45) is 0 Å². The van der Waals surface area contributed by atoms with Gasteiger partial charge in [0.25, 0.3) is 0 Å². The molecule has 18 heavy (non-hydrogen) atoms. The van der Waals surface area contributed by atoms with E-state index in [4.69, 9.17) is 14.2 Å². The Balaban J connectivity index is 1.93. The molecule has 1 unspecified atom stereocenters. The van der Waals surface area contributed by atoms with Crippen LogP contribution >= 0.6 is 15.9 Å². The zero-order valence-corrected chi connectivity index (χ0v) is 13.0. The van der Waals surface area contributed by atoms with Crippen LogP contribution in [0.15, 0.2) is 0 Å². The molecule has 0 N–H and O–H groups in total. The monoisotopic (exact) mass is 323 g/mol. The van der Waals surface area contributed by atoms with Crippen molar-refractivity contribution in [1.29, 1.82) is 0 Å². The summed E-state index contributed by atoms with van der Waals surface area (Å²) < 4.78 is 15.8. The minimum absolute atomic E-state index is 0.650. The number of nitrogens with zero attached hydrogens (tertiary/aromatic N) is 1. The molecule has 1 saturated heterocycles. The van der Waals surface area contributed by atoms with Gasteiger partial charge in [0, 0.05) is 25.0 Å². The molecule has 5 heteroatoms. The van der Waals surface area contributed by atoms with Gasteiger partial charge in [0.05, 0.1) is 33.0 Å². The van der Waals surface area contributed by atoms with Crippen molar-refractivity contribution >= 4 is 15.9 Å². The first-order valence-corrected chi connectivity index (χ1v) is 7.95. The quantitative estimate of drug-likeness (QED) is 0.454. The predicted molar refractivity (Wildman–Crippen MR) is 76.5 cm³/mol. The summed E-state index contributed by atoms with van der Waals surface area (Å²) in [5.41, 5.74) is 0. The molecule has 1 atom stereocenters. The molecule has 0 aliphatic carbocycles. The average Bonchev–Trinajstić information content (AvgIpc) is 2.42. The van der Waals surface area contributed by atoms with E-state index >= 15 is 0 Å². The minimum Gasteiger partial charge on any atom is -0.382 e. The highest BCUT2D eigenvalue weighted by atomic mass is 79.9. The van der Waals surface area contributed by atoms with E-state index in [-0.39, 0.29) is 0 Å². The van der Waals surface area contributed by atoms with Crippen LogP contribution in [0, 0.1) is 0 Å². The highest BCUT2D eigenvalue weighted by molar-refractivity contribution is 9.09. The van der Waals surface area contributed by atoms with E-state index < -0.39 is 0 Å². The van der Waals surface area contributed by atoms with Crippen molar-refractivity contribution in [2.75, 3.05) is 58.6 Å². The van der Waals surface area contributed by atoms with Gasteiger partial charge in [-0.3, -0.25) is 4.90 Å². The first kappa shape index (κ1) is 16.4. The van der Waals surface area contributed by atoms with Crippen molar-refractivity contribution in [3.63, 3.8) is 0 Å². The van der Waals surface area contributed by atoms with Crippen molar-refractivity contribution in [1.82, 2.24) is 4.90 Å². The summed E-state index contributed by atoms with van der Waals surface area (Å²) in [6, 6.07) is 0.695. The molecule has 108 valence electrons. The lowest BCUT2D eigenvalue weighted by Gasteiger charge is -2.34. The zero-order chi connectivity index (χ0) is 13.1. The number of halogens is 1. The van der Waals surface area contributed by atoms with E-state index in [0.717, 1.165) is 18.5 Å². The molecule has 1 heterocycles. The Hall–Kier alpha value is 0.320. The molecule has 0 aromatic carbocycles. The van der Waals surface area contributed by atoms with Crippen LogP contribution in [0.3, 0.4) is 0 Å². The Labute approximate surface area is 119 Å². The normalized spacial score (nSPS) is 21.3. The summed E-state index contributed by atoms with van der Waals surface area (Å²) in [4.78, 5) is 2.53. The van der Waals surface area contributed by atoms with Crippen LogP contribution in [0.2, 0.25) is 0 Å². The van der Waals surface area contributed by atoms with Gasteiger partial charge >= 0.3 is 0 Å². The molecular formula is C13H26BrNO3. The average molecular weight is 324 g/mol. The van der Waals surface area contributed by atoms with Gasteiger partial charge in [0.1, 0.15) is 0 Å². The number of rotatable bonds is 10. The van der Waals surface area contributed by atoms with Gasteiger partial charge in [-0.1, -0.05) is 22.4 Å². The Bertz CT molecular complexity index is 195. The van der Waals surface area contributed by atoms with Crippen LogP contribution in [0.1, 0.15) is 19.3 Å². The van der Waals surface area contributed by atoms with E-state index in [2.05, 4.69) is 20.8 Å². The van der Waals surface area contributed by atoms with E-state index in [1.807, 2.05) is 0 Å². The smallest absolute Gasteiger partial charge is 0.0701 e. The molecule has 0 amide bonds. The van der Waals surface area contributed by atoms with Crippen molar-refractivity contribution in [3.8, 4) is 0 Å². The van der Waals surface area contributed by atoms with Gasteiger partial charge in [-0.25, -0.2) is 0 Å². The number of piperidine rings is 1. The first-order valence-electron chi connectivity index (χ1n) is 6.83. The lowest BCUT2D eigenvalue weighted by atomic mass is 10.0. The third kappa shape index (κ3) is 7.04. The maximum absolute atomic E-state index is 5.59. The molecule has 0 aromatic heterocycles. The van der Waals surface area contributed by atoms with Crippen LogP contribution in [0.25, 0.3) is 0 Å². The van der Waals surface area contributed by atoms with Gasteiger partial charge < -0.3 is 14.2 Å². The molecule has 1 rings (SSSR count). The summed E-state index contributed by atoms with van der Waals surface area (Å²) in [6.45, 7) is 5.69. The Kier molecular flexibility index (Phi) is 10.2. The zero-order valence-electron chi connectivity index (χ0n) is 11.4. The van der Waals surface area contributed by atoms with Crippen LogP contribution in [0.5, 0.6) is 0 Å². The second-order valence-electron chi connectivity index (χ2n) is 4.56. The maximum atomic E-state index is 5.59. The summed E-state index contributed by atoms with van der Waals surface area (Å²) in [5, 5.41) is 1.08. The lowest BCUT2D eigenvalue weighted by molar-refractivity contribution is 0.0150. The highest BCUT2D eigenvalue weighted by Gasteiger charge is 2.20. The van der Waals surface area contributed by atoms with E-state index in [0.29, 0.717) is 32.5 Å². The number of alkyl halides is 1. The second-order valence-corrected chi connectivity index (χ2v) is 5.20. The number of methoxy groups -OCH3 is 1. The molecule has 0 saturated carbocycles. The summed E-state index contributed by atoms with van der Waals surface area (Å²) in [6.07, 6.45) is 4.00. The lowest BCUT2D eigenvalue weighted by Crippen LogP contribution is -2.42. The summed E-state index contributed by atoms with van der Waals surface area (Å²) >= 11 is 3.59. The fourth-order valence-electron chi connectivity index (χ4n) is 2.18. The number of hydrogen-bond acceptors (Lipinski definition) is 4. The minimum atomic E-state index is 0.650. The SMILES string of the molecule is COCCOCCOCCN1CCCCC1CBr. The predicted octanol–water partition coefficient (Wildman–Crippen LogP) is 1.92. The fourth-order valence-corrected chi connectivity index (χ4v) is 2.91. The van der Waals surface area contributed by atoms with E-state index in [1.165, 1.54) is 25.8 Å². The maximum Gasteiger partial charge on any atom is 0.0701 e. The van der Waals surface area contributed by atoms with Crippen LogP contribution in [-0.2, 0) is 14.2 Å². The first-order chi connectivity index (χ1) is 8.88. The molecule has 0 radical (unpaired) electrons. The Morgan fingerprint density at radius 1 is 1.06 bits per heavy atom. The molecule has 0 bridgehead atoms. The summed E-state index contributed by atoms with van der Waals surface area (Å²) in [5.74, 6) is 0. The molecular weight excluding hydrogens is 298 g/mol. The van der Waals surface area contributed by atoms with Crippen molar-refractivity contribution in [3.05, 3.63) is 0 Å². The molecule has 1 aliphatic rings. The van der Waals surface area contributed by atoms with Crippen LogP contribution in [-0.4, -0.2) is 69.5 Å². The Morgan fingerprint density at radius 3 is 2.50 bits per heavy atom. The Morgan fingerprint density at radius 2 is 1.78 bits per heavy atom. The fraction of sp³-hybridized carbons (Fsp3) is 1.00. The molecule has 1 fully saturated rings. The van der Waals surface area contributed by atoms with Gasteiger partial charge in [0.2, 0.25) is 0 Å². The van der Waals surface area contributed by atoms with Gasteiger partial charge in [-0.05, 0) is 19.4 Å². The topological polar surface area (TPSA) is 30.9 Å². The van der Waals surface area contributed by atoms with Crippen LogP contribution in [0.4, 0.5) is 0 Å². The van der Waals surface area contributed by atoms with E-state index in [9.17, 15) is 0 Å². The third-order valence-corrected chi connectivity index (χ3v) is 4.00.